The van der Waals surface area contributed by atoms with Crippen LogP contribution in [0.1, 0.15) is 11.6 Å². The van der Waals surface area contributed by atoms with Crippen LogP contribution in [0.25, 0.3) is 0 Å². The predicted octanol–water partition coefficient (Wildman–Crippen LogP) is 3.51. The minimum atomic E-state index is -0.0870. The summed E-state index contributed by atoms with van der Waals surface area (Å²) in [5.41, 5.74) is 12.7. The molecule has 1 aromatic heterocycles. The Morgan fingerprint density at radius 2 is 1.94 bits per heavy atom. The molecule has 17 heavy (non-hydrogen) atoms. The Bertz CT molecular complexity index is 482. The summed E-state index contributed by atoms with van der Waals surface area (Å²) in [6, 6.07) is 9.74. The fourth-order valence-electron chi connectivity index (χ4n) is 1.40. The van der Waals surface area contributed by atoms with Crippen molar-refractivity contribution in [1.82, 2.24) is 0 Å². The molecule has 2 aromatic rings. The van der Waals surface area contributed by atoms with Crippen molar-refractivity contribution >= 4 is 34.7 Å². The van der Waals surface area contributed by atoms with E-state index in [1.807, 2.05) is 35.7 Å². The zero-order valence-electron chi connectivity index (χ0n) is 9.10. The van der Waals surface area contributed by atoms with Crippen LogP contribution in [0.15, 0.2) is 44.8 Å². The van der Waals surface area contributed by atoms with Crippen molar-refractivity contribution in [2.45, 2.75) is 15.1 Å². The molecule has 0 saturated carbocycles. The average molecular weight is 285 g/mol. The molecule has 2 nitrogen and oxygen atoms in total. The molecule has 0 aliphatic carbocycles. The SMILES string of the molecule is NCC(N)c1ccsc1Sc1ccc(Cl)cc1. The number of halogens is 1. The molecule has 90 valence electrons. The highest BCUT2D eigenvalue weighted by Gasteiger charge is 2.12. The lowest BCUT2D eigenvalue weighted by molar-refractivity contribution is 0.729. The maximum absolute atomic E-state index is 5.96. The first-order valence-corrected chi connectivity index (χ1v) is 7.24. The Kier molecular flexibility index (Phi) is 4.48. The predicted molar refractivity (Wildman–Crippen MR) is 75.9 cm³/mol. The lowest BCUT2D eigenvalue weighted by atomic mass is 10.2. The number of hydrogen-bond donors (Lipinski definition) is 2. The van der Waals surface area contributed by atoms with E-state index in [4.69, 9.17) is 23.1 Å². The summed E-state index contributed by atoms with van der Waals surface area (Å²) in [5, 5.41) is 2.79. The highest BCUT2D eigenvalue weighted by Crippen LogP contribution is 2.37. The maximum atomic E-state index is 5.96. The smallest absolute Gasteiger partial charge is 0.0694 e. The molecular weight excluding hydrogens is 272 g/mol. The van der Waals surface area contributed by atoms with Crippen LogP contribution < -0.4 is 11.5 Å². The second-order valence-electron chi connectivity index (χ2n) is 3.56. The van der Waals surface area contributed by atoms with Crippen molar-refractivity contribution in [3.63, 3.8) is 0 Å². The summed E-state index contributed by atoms with van der Waals surface area (Å²) in [6.07, 6.45) is 0. The molecule has 1 heterocycles. The normalized spacial score (nSPS) is 12.6. The summed E-state index contributed by atoms with van der Waals surface area (Å²) < 4.78 is 1.20. The third-order valence-corrected chi connectivity index (χ3v) is 4.78. The van der Waals surface area contributed by atoms with E-state index in [2.05, 4.69) is 0 Å². The van der Waals surface area contributed by atoms with Gasteiger partial charge in [-0.15, -0.1) is 11.3 Å². The summed E-state index contributed by atoms with van der Waals surface area (Å²) in [6.45, 7) is 0.463. The van der Waals surface area contributed by atoms with E-state index >= 15 is 0 Å². The van der Waals surface area contributed by atoms with E-state index in [0.29, 0.717) is 6.54 Å². The number of thiophene rings is 1. The van der Waals surface area contributed by atoms with Crippen LogP contribution in [-0.4, -0.2) is 6.54 Å². The Morgan fingerprint density at radius 3 is 2.59 bits per heavy atom. The molecule has 2 rings (SSSR count). The molecule has 0 bridgehead atoms. The van der Waals surface area contributed by atoms with Gasteiger partial charge < -0.3 is 11.5 Å². The zero-order chi connectivity index (χ0) is 12.3. The van der Waals surface area contributed by atoms with E-state index in [1.165, 1.54) is 4.21 Å². The second-order valence-corrected chi connectivity index (χ2v) is 6.26. The maximum Gasteiger partial charge on any atom is 0.0694 e. The van der Waals surface area contributed by atoms with E-state index in [9.17, 15) is 0 Å². The summed E-state index contributed by atoms with van der Waals surface area (Å²) in [4.78, 5) is 1.15. The van der Waals surface area contributed by atoms with Crippen molar-refractivity contribution < 1.29 is 0 Å². The first kappa shape index (κ1) is 12.9. The molecule has 5 heteroatoms. The van der Waals surface area contributed by atoms with E-state index in [-0.39, 0.29) is 6.04 Å². The summed E-state index contributed by atoms with van der Waals surface area (Å²) >= 11 is 9.24. The lowest BCUT2D eigenvalue weighted by Crippen LogP contribution is -2.20. The van der Waals surface area contributed by atoms with Crippen LogP contribution >= 0.6 is 34.7 Å². The quantitative estimate of drug-likeness (QED) is 0.903. The molecule has 0 saturated heterocycles. The van der Waals surface area contributed by atoms with Gasteiger partial charge in [0, 0.05) is 22.5 Å². The van der Waals surface area contributed by atoms with Gasteiger partial charge in [-0.05, 0) is 41.3 Å². The van der Waals surface area contributed by atoms with Gasteiger partial charge in [0.15, 0.2) is 0 Å². The topological polar surface area (TPSA) is 52.0 Å². The molecule has 0 aliphatic rings. The summed E-state index contributed by atoms with van der Waals surface area (Å²) in [7, 11) is 0. The van der Waals surface area contributed by atoms with E-state index in [1.54, 1.807) is 23.1 Å². The molecule has 1 unspecified atom stereocenters. The van der Waals surface area contributed by atoms with Crippen molar-refractivity contribution in [3.8, 4) is 0 Å². The zero-order valence-corrected chi connectivity index (χ0v) is 11.5. The third kappa shape index (κ3) is 3.24. The first-order valence-electron chi connectivity index (χ1n) is 5.17. The molecule has 0 spiro atoms. The number of rotatable bonds is 4. The average Bonchev–Trinajstić information content (AvgIpc) is 2.79. The highest BCUT2D eigenvalue weighted by molar-refractivity contribution is 8.01. The molecule has 0 aliphatic heterocycles. The van der Waals surface area contributed by atoms with Crippen molar-refractivity contribution in [1.29, 1.82) is 0 Å². The first-order chi connectivity index (χ1) is 8.20. The van der Waals surface area contributed by atoms with E-state index < -0.39 is 0 Å². The van der Waals surface area contributed by atoms with Gasteiger partial charge in [0.05, 0.1) is 4.21 Å². The minimum Gasteiger partial charge on any atom is -0.329 e. The molecule has 0 fully saturated rings. The molecule has 4 N–H and O–H groups in total. The van der Waals surface area contributed by atoms with Crippen molar-refractivity contribution in [2.24, 2.45) is 11.5 Å². The fraction of sp³-hybridized carbons (Fsp3) is 0.167. The number of benzene rings is 1. The highest BCUT2D eigenvalue weighted by atomic mass is 35.5. The van der Waals surface area contributed by atoms with Crippen molar-refractivity contribution in [3.05, 3.63) is 46.3 Å². The Morgan fingerprint density at radius 1 is 1.24 bits per heavy atom. The van der Waals surface area contributed by atoms with Crippen molar-refractivity contribution in [2.75, 3.05) is 6.54 Å². The second kappa shape index (κ2) is 5.89. The van der Waals surface area contributed by atoms with Gasteiger partial charge in [-0.1, -0.05) is 23.4 Å². The van der Waals surface area contributed by atoms with Gasteiger partial charge in [0.1, 0.15) is 0 Å². The molecular formula is C12H13ClN2S2. The van der Waals surface area contributed by atoms with Gasteiger partial charge in [0.2, 0.25) is 0 Å². The van der Waals surface area contributed by atoms with Gasteiger partial charge >= 0.3 is 0 Å². The van der Waals surface area contributed by atoms with Crippen LogP contribution in [-0.2, 0) is 0 Å². The van der Waals surface area contributed by atoms with Crippen LogP contribution in [0.5, 0.6) is 0 Å². The standard InChI is InChI=1S/C12H13ClN2S2/c13-8-1-3-9(4-2-8)17-12-10(5-6-16-12)11(15)7-14/h1-6,11H,7,14-15H2. The lowest BCUT2D eigenvalue weighted by Gasteiger charge is -2.09. The fourth-order valence-corrected chi connectivity index (χ4v) is 3.69. The monoisotopic (exact) mass is 284 g/mol. The van der Waals surface area contributed by atoms with E-state index in [0.717, 1.165) is 15.5 Å². The Labute approximate surface area is 114 Å². The largest absolute Gasteiger partial charge is 0.329 e. The van der Waals surface area contributed by atoms with Crippen LogP contribution in [0.2, 0.25) is 5.02 Å². The third-order valence-electron chi connectivity index (χ3n) is 2.34. The van der Waals surface area contributed by atoms with Crippen LogP contribution in [0.3, 0.4) is 0 Å². The van der Waals surface area contributed by atoms with Gasteiger partial charge in [0.25, 0.3) is 0 Å². The Balaban J connectivity index is 2.18. The van der Waals surface area contributed by atoms with Gasteiger partial charge in [-0.2, -0.15) is 0 Å². The van der Waals surface area contributed by atoms with Gasteiger partial charge in [-0.25, -0.2) is 0 Å². The summed E-state index contributed by atoms with van der Waals surface area (Å²) in [5.74, 6) is 0. The number of nitrogens with two attached hydrogens (primary N) is 2. The molecule has 1 aromatic carbocycles. The molecule has 0 radical (unpaired) electrons. The van der Waals surface area contributed by atoms with Crippen LogP contribution in [0, 0.1) is 0 Å². The molecule has 0 amide bonds. The Hall–Kier alpha value is -0.520. The number of hydrogen-bond acceptors (Lipinski definition) is 4. The minimum absolute atomic E-state index is 0.0870. The van der Waals surface area contributed by atoms with Crippen LogP contribution in [0.4, 0.5) is 0 Å². The van der Waals surface area contributed by atoms with Gasteiger partial charge in [-0.3, -0.25) is 0 Å². The molecule has 1 atom stereocenters.